The minimum absolute atomic E-state index is 0.272. The normalized spacial score (nSPS) is 10.8. The molecule has 0 aliphatic heterocycles. The summed E-state index contributed by atoms with van der Waals surface area (Å²) in [5, 5.41) is 0. The van der Waals surface area contributed by atoms with E-state index in [9.17, 15) is 0 Å². The number of rotatable bonds is 6. The van der Waals surface area contributed by atoms with Crippen molar-refractivity contribution in [1.29, 1.82) is 0 Å². The highest BCUT2D eigenvalue weighted by Gasteiger charge is 2.02. The molecule has 0 heterocycles. The summed E-state index contributed by atoms with van der Waals surface area (Å²) in [6.07, 6.45) is -0.272. The van der Waals surface area contributed by atoms with Crippen LogP contribution in [0.25, 0.3) is 0 Å². The fourth-order valence-corrected chi connectivity index (χ4v) is 0.495. The second-order valence-corrected chi connectivity index (χ2v) is 1.76. The van der Waals surface area contributed by atoms with Gasteiger partial charge >= 0.3 is 0 Å². The minimum Gasteiger partial charge on any atom is -0.375 e. The molecule has 0 saturated carbocycles. The van der Waals surface area contributed by atoms with Gasteiger partial charge in [0.2, 0.25) is 0 Å². The van der Waals surface area contributed by atoms with Gasteiger partial charge in [-0.2, -0.15) is 0 Å². The Bertz CT molecular complexity index is 66.0. The van der Waals surface area contributed by atoms with Crippen molar-refractivity contribution in [2.75, 3.05) is 34.0 Å². The molecule has 2 N–H and O–H groups in total. The largest absolute Gasteiger partial charge is 0.375 e. The van der Waals surface area contributed by atoms with Crippen LogP contribution in [0.1, 0.15) is 0 Å². The van der Waals surface area contributed by atoms with Crippen LogP contribution in [0.15, 0.2) is 0 Å². The lowest BCUT2D eigenvalue weighted by Crippen LogP contribution is -2.22. The molecule has 62 valence electrons. The standard InChI is InChI=1S/C6H15NO3/c1-8-6(9-2)5-10-4-3-7/h6H,3-5,7H2,1-2H3. The van der Waals surface area contributed by atoms with E-state index >= 15 is 0 Å². The molecule has 0 aliphatic carbocycles. The van der Waals surface area contributed by atoms with E-state index < -0.39 is 0 Å². The molecular formula is C6H15NO3. The fraction of sp³-hybridized carbons (Fsp3) is 1.00. The summed E-state index contributed by atoms with van der Waals surface area (Å²) in [4.78, 5) is 0. The molecule has 4 nitrogen and oxygen atoms in total. The van der Waals surface area contributed by atoms with E-state index in [1.54, 1.807) is 14.2 Å². The summed E-state index contributed by atoms with van der Waals surface area (Å²) in [5.41, 5.74) is 5.19. The fourth-order valence-electron chi connectivity index (χ4n) is 0.495. The van der Waals surface area contributed by atoms with Crippen molar-refractivity contribution in [3.63, 3.8) is 0 Å². The first-order valence-corrected chi connectivity index (χ1v) is 3.18. The van der Waals surface area contributed by atoms with Gasteiger partial charge < -0.3 is 19.9 Å². The van der Waals surface area contributed by atoms with Crippen molar-refractivity contribution in [1.82, 2.24) is 0 Å². The van der Waals surface area contributed by atoms with Gasteiger partial charge in [-0.15, -0.1) is 0 Å². The van der Waals surface area contributed by atoms with Gasteiger partial charge in [0.15, 0.2) is 6.29 Å². The maximum Gasteiger partial charge on any atom is 0.180 e. The van der Waals surface area contributed by atoms with Crippen LogP contribution in [0.2, 0.25) is 0 Å². The SMILES string of the molecule is COC(COCCN)OC. The van der Waals surface area contributed by atoms with Gasteiger partial charge in [0.25, 0.3) is 0 Å². The summed E-state index contributed by atoms with van der Waals surface area (Å²) < 4.78 is 14.8. The van der Waals surface area contributed by atoms with Crippen LogP contribution in [0.5, 0.6) is 0 Å². The molecule has 0 atom stereocenters. The highest BCUT2D eigenvalue weighted by Crippen LogP contribution is 1.90. The maximum atomic E-state index is 5.19. The molecule has 0 aromatic rings. The van der Waals surface area contributed by atoms with E-state index in [1.807, 2.05) is 0 Å². The van der Waals surface area contributed by atoms with Gasteiger partial charge in [-0.3, -0.25) is 0 Å². The zero-order valence-electron chi connectivity index (χ0n) is 6.50. The molecule has 0 spiro atoms. The molecule has 0 saturated heterocycles. The van der Waals surface area contributed by atoms with Crippen molar-refractivity contribution in [3.8, 4) is 0 Å². The highest BCUT2D eigenvalue weighted by atomic mass is 16.7. The second-order valence-electron chi connectivity index (χ2n) is 1.76. The second kappa shape index (κ2) is 6.95. The minimum atomic E-state index is -0.272. The van der Waals surface area contributed by atoms with Crippen LogP contribution in [0, 0.1) is 0 Å². The molecule has 10 heavy (non-hydrogen) atoms. The smallest absolute Gasteiger partial charge is 0.180 e. The van der Waals surface area contributed by atoms with Gasteiger partial charge in [0, 0.05) is 20.8 Å². The molecule has 0 aromatic heterocycles. The summed E-state index contributed by atoms with van der Waals surface area (Å²) in [5.74, 6) is 0. The monoisotopic (exact) mass is 149 g/mol. The number of hydrogen-bond acceptors (Lipinski definition) is 4. The van der Waals surface area contributed by atoms with E-state index in [-0.39, 0.29) is 6.29 Å². The Labute approximate surface area is 61.2 Å². The third kappa shape index (κ3) is 4.69. The van der Waals surface area contributed by atoms with Crippen molar-refractivity contribution in [2.45, 2.75) is 6.29 Å². The first kappa shape index (κ1) is 9.84. The van der Waals surface area contributed by atoms with Crippen LogP contribution in [0.3, 0.4) is 0 Å². The molecular weight excluding hydrogens is 134 g/mol. The summed E-state index contributed by atoms with van der Waals surface area (Å²) in [7, 11) is 3.14. The Balaban J connectivity index is 3.09. The van der Waals surface area contributed by atoms with Crippen molar-refractivity contribution < 1.29 is 14.2 Å². The van der Waals surface area contributed by atoms with Crippen molar-refractivity contribution in [2.24, 2.45) is 5.73 Å². The summed E-state index contributed by atoms with van der Waals surface area (Å²) in [6.45, 7) is 1.51. The van der Waals surface area contributed by atoms with Crippen LogP contribution >= 0.6 is 0 Å². The third-order valence-corrected chi connectivity index (χ3v) is 1.04. The van der Waals surface area contributed by atoms with Crippen LogP contribution in [-0.2, 0) is 14.2 Å². The van der Waals surface area contributed by atoms with Crippen LogP contribution < -0.4 is 5.73 Å². The third-order valence-electron chi connectivity index (χ3n) is 1.04. The van der Waals surface area contributed by atoms with Gasteiger partial charge in [0.1, 0.15) is 0 Å². The number of hydrogen-bond donors (Lipinski definition) is 1. The lowest BCUT2D eigenvalue weighted by Gasteiger charge is -2.12. The summed E-state index contributed by atoms with van der Waals surface area (Å²) in [6, 6.07) is 0. The van der Waals surface area contributed by atoms with Crippen molar-refractivity contribution >= 4 is 0 Å². The Morgan fingerprint density at radius 2 is 1.90 bits per heavy atom. The molecule has 0 amide bonds. The zero-order chi connectivity index (χ0) is 7.82. The molecule has 0 aliphatic rings. The highest BCUT2D eigenvalue weighted by molar-refractivity contribution is 4.38. The number of nitrogens with two attached hydrogens (primary N) is 1. The van der Waals surface area contributed by atoms with E-state index in [1.165, 1.54) is 0 Å². The summed E-state index contributed by atoms with van der Waals surface area (Å²) >= 11 is 0. The predicted octanol–water partition coefficient (Wildman–Crippen LogP) is -0.419. The number of ether oxygens (including phenoxy) is 3. The van der Waals surface area contributed by atoms with Gasteiger partial charge in [-0.25, -0.2) is 0 Å². The van der Waals surface area contributed by atoms with E-state index in [0.29, 0.717) is 19.8 Å². The lowest BCUT2D eigenvalue weighted by atomic mass is 10.6. The van der Waals surface area contributed by atoms with Gasteiger partial charge in [-0.05, 0) is 0 Å². The molecule has 0 bridgehead atoms. The molecule has 0 aromatic carbocycles. The lowest BCUT2D eigenvalue weighted by molar-refractivity contribution is -0.139. The maximum absolute atomic E-state index is 5.19. The van der Waals surface area contributed by atoms with Crippen LogP contribution in [0.4, 0.5) is 0 Å². The predicted molar refractivity (Wildman–Crippen MR) is 37.7 cm³/mol. The molecule has 0 unspecified atom stereocenters. The van der Waals surface area contributed by atoms with Gasteiger partial charge in [0.05, 0.1) is 13.2 Å². The Kier molecular flexibility index (Phi) is 6.84. The first-order chi connectivity index (χ1) is 4.85. The number of methoxy groups -OCH3 is 2. The quantitative estimate of drug-likeness (QED) is 0.411. The van der Waals surface area contributed by atoms with E-state index in [4.69, 9.17) is 19.9 Å². The van der Waals surface area contributed by atoms with Crippen LogP contribution in [-0.4, -0.2) is 40.3 Å². The Morgan fingerprint density at radius 3 is 2.30 bits per heavy atom. The zero-order valence-corrected chi connectivity index (χ0v) is 6.50. The average Bonchev–Trinajstić information content (AvgIpc) is 1.99. The topological polar surface area (TPSA) is 53.7 Å². The molecule has 4 heteroatoms. The molecule has 0 radical (unpaired) electrons. The van der Waals surface area contributed by atoms with Crippen molar-refractivity contribution in [3.05, 3.63) is 0 Å². The first-order valence-electron chi connectivity index (χ1n) is 3.18. The molecule has 0 rings (SSSR count). The Hall–Kier alpha value is -0.160. The van der Waals surface area contributed by atoms with E-state index in [0.717, 1.165) is 0 Å². The molecule has 0 fully saturated rings. The average molecular weight is 149 g/mol. The van der Waals surface area contributed by atoms with E-state index in [2.05, 4.69) is 0 Å². The van der Waals surface area contributed by atoms with Gasteiger partial charge in [-0.1, -0.05) is 0 Å². The Morgan fingerprint density at radius 1 is 1.30 bits per heavy atom.